The van der Waals surface area contributed by atoms with E-state index in [1.165, 1.54) is 18.5 Å². The Kier molecular flexibility index (Phi) is 4.46. The monoisotopic (exact) mass is 380 g/mol. The summed E-state index contributed by atoms with van der Waals surface area (Å²) in [6.07, 6.45) is 2.26. The van der Waals surface area contributed by atoms with Crippen LogP contribution in [0.3, 0.4) is 0 Å². The number of nitrogens with two attached hydrogens (primary N) is 2. The second-order valence-corrected chi connectivity index (χ2v) is 6.04. The third-order valence-electron chi connectivity index (χ3n) is 4.14. The van der Waals surface area contributed by atoms with Gasteiger partial charge in [0.2, 0.25) is 0 Å². The van der Waals surface area contributed by atoms with E-state index in [1.54, 1.807) is 0 Å². The fourth-order valence-corrected chi connectivity index (χ4v) is 2.60. The minimum atomic E-state index is -3.57. The van der Waals surface area contributed by atoms with Crippen molar-refractivity contribution >= 4 is 17.6 Å². The van der Waals surface area contributed by atoms with Gasteiger partial charge in [-0.05, 0) is 19.1 Å². The lowest BCUT2D eigenvalue weighted by Gasteiger charge is -2.36. The third kappa shape index (κ3) is 3.27. The van der Waals surface area contributed by atoms with Gasteiger partial charge < -0.3 is 16.2 Å². The minimum Gasteiger partial charge on any atom is -0.459 e. The molecule has 0 saturated carbocycles. The number of nitrogen functional groups attached to an aromatic ring is 1. The number of nitrogens with zero attached hydrogens (tertiary/aromatic N) is 4. The zero-order valence-electron chi connectivity index (χ0n) is 14.1. The molecule has 8 nitrogen and oxygen atoms in total. The Labute approximate surface area is 151 Å². The molecule has 0 amide bonds. The predicted molar refractivity (Wildman–Crippen MR) is 88.5 cm³/mol. The van der Waals surface area contributed by atoms with E-state index < -0.39 is 41.4 Å². The number of pyridine rings is 1. The summed E-state index contributed by atoms with van der Waals surface area (Å²) < 4.78 is 47.7. The van der Waals surface area contributed by atoms with E-state index in [1.807, 2.05) is 0 Å². The maximum absolute atomic E-state index is 14.4. The quantitative estimate of drug-likeness (QED) is 0.763. The lowest BCUT2D eigenvalue weighted by Crippen LogP contribution is -2.51. The molecule has 27 heavy (non-hydrogen) atoms. The van der Waals surface area contributed by atoms with Gasteiger partial charge in [-0.15, -0.1) is 0 Å². The van der Waals surface area contributed by atoms with E-state index >= 15 is 0 Å². The van der Waals surface area contributed by atoms with E-state index in [2.05, 4.69) is 24.7 Å². The molecule has 0 fully saturated rings. The van der Waals surface area contributed by atoms with Crippen molar-refractivity contribution in [2.45, 2.75) is 24.8 Å². The van der Waals surface area contributed by atoms with E-state index in [0.29, 0.717) is 0 Å². The zero-order chi connectivity index (χ0) is 19.8. The van der Waals surface area contributed by atoms with Crippen molar-refractivity contribution < 1.29 is 22.7 Å². The molecule has 0 aliphatic carbocycles. The molecule has 2 aromatic heterocycles. The zero-order valence-corrected chi connectivity index (χ0v) is 14.1. The topological polar surface area (TPSA) is 129 Å². The Hall–Kier alpha value is -3.24. The van der Waals surface area contributed by atoms with Crippen molar-refractivity contribution in [2.75, 3.05) is 12.3 Å². The van der Waals surface area contributed by atoms with Crippen LogP contribution in [-0.4, -0.2) is 39.3 Å². The van der Waals surface area contributed by atoms with Crippen LogP contribution in [-0.2, 0) is 16.7 Å². The van der Waals surface area contributed by atoms with E-state index in [4.69, 9.17) is 11.5 Å². The Bertz CT molecular complexity index is 936. The lowest BCUT2D eigenvalue weighted by atomic mass is 9.88. The number of rotatable bonds is 4. The fraction of sp³-hybridized carbons (Fsp3) is 0.312. The van der Waals surface area contributed by atoms with Crippen LogP contribution in [0.4, 0.5) is 19.0 Å². The van der Waals surface area contributed by atoms with E-state index in [9.17, 15) is 18.0 Å². The number of anilines is 1. The highest BCUT2D eigenvalue weighted by molar-refractivity contribution is 5.99. The van der Waals surface area contributed by atoms with Crippen LogP contribution in [0, 0.1) is 5.82 Å². The second-order valence-electron chi connectivity index (χ2n) is 6.04. The van der Waals surface area contributed by atoms with Crippen molar-refractivity contribution in [3.63, 3.8) is 0 Å². The molecule has 0 aromatic carbocycles. The number of ketones is 1. The molecule has 4 N–H and O–H groups in total. The van der Waals surface area contributed by atoms with E-state index in [-0.39, 0.29) is 23.6 Å². The van der Waals surface area contributed by atoms with Gasteiger partial charge in [0.1, 0.15) is 17.2 Å². The maximum Gasteiger partial charge on any atom is 0.311 e. The summed E-state index contributed by atoms with van der Waals surface area (Å²) in [7, 11) is 0. The van der Waals surface area contributed by atoms with Gasteiger partial charge in [0.25, 0.3) is 6.02 Å². The van der Waals surface area contributed by atoms with Gasteiger partial charge in [-0.2, -0.15) is 8.78 Å². The Morgan fingerprint density at radius 3 is 2.67 bits per heavy atom. The van der Waals surface area contributed by atoms with Crippen molar-refractivity contribution in [2.24, 2.45) is 10.7 Å². The number of amidine groups is 1. The molecule has 0 radical (unpaired) electrons. The number of hydrogen-bond acceptors (Lipinski definition) is 8. The fourth-order valence-electron chi connectivity index (χ4n) is 2.60. The van der Waals surface area contributed by atoms with Crippen LogP contribution in [0.1, 0.15) is 28.8 Å². The third-order valence-corrected chi connectivity index (χ3v) is 4.14. The van der Waals surface area contributed by atoms with Gasteiger partial charge >= 0.3 is 5.92 Å². The van der Waals surface area contributed by atoms with Gasteiger partial charge in [0, 0.05) is 18.1 Å². The summed E-state index contributed by atoms with van der Waals surface area (Å²) in [5.74, 6) is -5.20. The van der Waals surface area contributed by atoms with Gasteiger partial charge in [0.05, 0.1) is 6.42 Å². The Morgan fingerprint density at radius 2 is 1.96 bits per heavy atom. The molecule has 1 atom stereocenters. The predicted octanol–water partition coefficient (Wildman–Crippen LogP) is 1.21. The van der Waals surface area contributed by atoms with Crippen LogP contribution in [0.2, 0.25) is 0 Å². The first kappa shape index (κ1) is 18.5. The number of halogens is 3. The molecular weight excluding hydrogens is 365 g/mol. The summed E-state index contributed by atoms with van der Waals surface area (Å²) in [4.78, 5) is 27.4. The SMILES string of the molecule is C[C@]1(c2nc(CC(=O)c3nccnc3N)ccc2F)N=C(N)OCC1(F)F. The molecule has 0 unspecified atom stereocenters. The molecule has 3 heterocycles. The first-order valence-corrected chi connectivity index (χ1v) is 7.75. The molecule has 11 heteroatoms. The van der Waals surface area contributed by atoms with Gasteiger partial charge in [-0.1, -0.05) is 0 Å². The summed E-state index contributed by atoms with van der Waals surface area (Å²) >= 11 is 0. The van der Waals surface area contributed by atoms with Crippen LogP contribution < -0.4 is 11.5 Å². The molecule has 1 aliphatic rings. The van der Waals surface area contributed by atoms with Gasteiger partial charge in [0.15, 0.2) is 23.7 Å². The van der Waals surface area contributed by atoms with Crippen molar-refractivity contribution in [1.82, 2.24) is 15.0 Å². The van der Waals surface area contributed by atoms with Crippen LogP contribution in [0.25, 0.3) is 0 Å². The molecule has 0 saturated heterocycles. The van der Waals surface area contributed by atoms with Crippen LogP contribution in [0.5, 0.6) is 0 Å². The smallest absolute Gasteiger partial charge is 0.311 e. The maximum atomic E-state index is 14.4. The van der Waals surface area contributed by atoms with E-state index in [0.717, 1.165) is 13.0 Å². The lowest BCUT2D eigenvalue weighted by molar-refractivity contribution is -0.118. The Morgan fingerprint density at radius 1 is 1.26 bits per heavy atom. The van der Waals surface area contributed by atoms with Crippen molar-refractivity contribution in [3.8, 4) is 0 Å². The highest BCUT2D eigenvalue weighted by Gasteiger charge is 2.57. The van der Waals surface area contributed by atoms with Gasteiger partial charge in [-0.25, -0.2) is 19.4 Å². The summed E-state index contributed by atoms with van der Waals surface area (Å²) in [5.41, 5.74) is 7.91. The number of aromatic nitrogens is 3. The largest absolute Gasteiger partial charge is 0.459 e. The highest BCUT2D eigenvalue weighted by Crippen LogP contribution is 2.43. The number of carbonyl (C=O) groups is 1. The van der Waals surface area contributed by atoms with Crippen molar-refractivity contribution in [1.29, 1.82) is 0 Å². The minimum absolute atomic E-state index is 0.0405. The average molecular weight is 380 g/mol. The number of ether oxygens (including phenoxy) is 1. The van der Waals surface area contributed by atoms with Crippen LogP contribution in [0.15, 0.2) is 29.5 Å². The van der Waals surface area contributed by atoms with Gasteiger partial charge in [-0.3, -0.25) is 9.78 Å². The first-order valence-electron chi connectivity index (χ1n) is 7.75. The number of alkyl halides is 2. The molecular formula is C16H15F3N6O2. The normalized spacial score (nSPS) is 21.3. The Balaban J connectivity index is 1.99. The molecule has 1 aliphatic heterocycles. The summed E-state index contributed by atoms with van der Waals surface area (Å²) in [6.45, 7) is -0.0701. The molecule has 142 valence electrons. The standard InChI is InChI=1S/C16H15F3N6O2/c1-15(16(18,19)7-27-14(21)25-15)12-9(17)3-2-8(24-12)6-10(26)11-13(20)23-5-4-22-11/h2-5H,6-7H2,1H3,(H2,20,23)(H2,21,25)/t15-/m1/s1. The molecule has 2 aromatic rings. The number of Topliss-reactive ketones (excluding diaryl/α,β-unsaturated/α-hetero) is 1. The number of carbonyl (C=O) groups excluding carboxylic acids is 1. The van der Waals surface area contributed by atoms with Crippen LogP contribution >= 0.6 is 0 Å². The average Bonchev–Trinajstić information content (AvgIpc) is 2.60. The summed E-state index contributed by atoms with van der Waals surface area (Å²) in [5, 5.41) is 0. The number of aliphatic imine (C=N–C) groups is 1. The molecule has 0 bridgehead atoms. The summed E-state index contributed by atoms with van der Waals surface area (Å²) in [6, 6.07) is 1.64. The molecule has 3 rings (SSSR count). The first-order chi connectivity index (χ1) is 12.6. The second kappa shape index (κ2) is 6.49. The molecule has 0 spiro atoms. The number of hydrogen-bond donors (Lipinski definition) is 2. The van der Waals surface area contributed by atoms with Crippen molar-refractivity contribution in [3.05, 3.63) is 47.4 Å². The highest BCUT2D eigenvalue weighted by atomic mass is 19.3.